The molecule has 11 heteroatoms. The van der Waals surface area contributed by atoms with Gasteiger partial charge in [0.2, 0.25) is 11.0 Å². The summed E-state index contributed by atoms with van der Waals surface area (Å²) in [6, 6.07) is 7.26. The Hall–Kier alpha value is -2.37. The van der Waals surface area contributed by atoms with Crippen LogP contribution in [0, 0.1) is 0 Å². The van der Waals surface area contributed by atoms with E-state index in [1.54, 1.807) is 19.2 Å². The van der Waals surface area contributed by atoms with Gasteiger partial charge in [-0.25, -0.2) is 0 Å². The SMILES string of the molecule is CCOc1ccc(C(=O)N2CCN(c3nnc(SCC(=O)NCCOC)s3)CC2)cc1. The smallest absolute Gasteiger partial charge is 0.253 e. The minimum absolute atomic E-state index is 0.0238. The van der Waals surface area contributed by atoms with Crippen LogP contribution in [0.2, 0.25) is 0 Å². The molecule has 0 unspecified atom stereocenters. The molecule has 1 aromatic carbocycles. The summed E-state index contributed by atoms with van der Waals surface area (Å²) in [5, 5.41) is 12.0. The van der Waals surface area contributed by atoms with Crippen molar-refractivity contribution in [3.05, 3.63) is 29.8 Å². The van der Waals surface area contributed by atoms with Gasteiger partial charge in [0, 0.05) is 45.4 Å². The third-order valence-electron chi connectivity index (χ3n) is 4.60. The second-order valence-corrected chi connectivity index (χ2v) is 8.90. The van der Waals surface area contributed by atoms with Gasteiger partial charge in [-0.15, -0.1) is 10.2 Å². The maximum Gasteiger partial charge on any atom is 0.253 e. The van der Waals surface area contributed by atoms with E-state index < -0.39 is 0 Å². The average molecular weight is 466 g/mol. The standard InChI is InChI=1S/C20H27N5O4S2/c1-3-29-16-6-4-15(5-7-16)18(27)24-9-11-25(12-10-24)19-22-23-20(31-19)30-14-17(26)21-8-13-28-2/h4-7H,3,8-14H2,1-2H3,(H,21,26). The van der Waals surface area contributed by atoms with Crippen LogP contribution < -0.4 is 15.0 Å². The summed E-state index contributed by atoms with van der Waals surface area (Å²) in [4.78, 5) is 28.5. The number of amides is 2. The van der Waals surface area contributed by atoms with E-state index in [9.17, 15) is 9.59 Å². The van der Waals surface area contributed by atoms with Gasteiger partial charge < -0.3 is 24.6 Å². The zero-order valence-corrected chi connectivity index (χ0v) is 19.3. The van der Waals surface area contributed by atoms with Crippen molar-refractivity contribution in [2.24, 2.45) is 0 Å². The molecule has 31 heavy (non-hydrogen) atoms. The number of carbonyl (C=O) groups excluding carboxylic acids is 2. The first kappa shape index (κ1) is 23.3. The summed E-state index contributed by atoms with van der Waals surface area (Å²) >= 11 is 2.84. The van der Waals surface area contributed by atoms with E-state index in [4.69, 9.17) is 9.47 Å². The Balaban J connectivity index is 1.45. The number of aromatic nitrogens is 2. The second kappa shape index (κ2) is 11.9. The fourth-order valence-electron chi connectivity index (χ4n) is 3.00. The predicted octanol–water partition coefficient (Wildman–Crippen LogP) is 1.75. The molecule has 3 rings (SSSR count). The van der Waals surface area contributed by atoms with E-state index in [-0.39, 0.29) is 11.8 Å². The van der Waals surface area contributed by atoms with E-state index >= 15 is 0 Å². The summed E-state index contributed by atoms with van der Waals surface area (Å²) in [6.45, 7) is 6.15. The first-order chi connectivity index (χ1) is 15.1. The van der Waals surface area contributed by atoms with Crippen molar-refractivity contribution in [1.29, 1.82) is 0 Å². The first-order valence-corrected chi connectivity index (χ1v) is 11.9. The number of rotatable bonds is 10. The van der Waals surface area contributed by atoms with Crippen LogP contribution in [0.25, 0.3) is 0 Å². The molecule has 2 amide bonds. The normalized spacial score (nSPS) is 13.9. The minimum atomic E-state index is -0.0554. The molecule has 0 aliphatic carbocycles. The van der Waals surface area contributed by atoms with Gasteiger partial charge in [0.05, 0.1) is 19.0 Å². The summed E-state index contributed by atoms with van der Waals surface area (Å²) in [5.41, 5.74) is 0.662. The highest BCUT2D eigenvalue weighted by Gasteiger charge is 2.24. The second-order valence-electron chi connectivity index (χ2n) is 6.72. The minimum Gasteiger partial charge on any atom is -0.494 e. The van der Waals surface area contributed by atoms with Crippen LogP contribution in [0.3, 0.4) is 0 Å². The van der Waals surface area contributed by atoms with Gasteiger partial charge in [0.15, 0.2) is 4.34 Å². The van der Waals surface area contributed by atoms with Crippen LogP contribution >= 0.6 is 23.1 Å². The Bertz CT molecular complexity index is 854. The van der Waals surface area contributed by atoms with Crippen molar-refractivity contribution in [1.82, 2.24) is 20.4 Å². The number of piperazine rings is 1. The number of methoxy groups -OCH3 is 1. The summed E-state index contributed by atoms with van der Waals surface area (Å²) in [6.07, 6.45) is 0. The summed E-state index contributed by atoms with van der Waals surface area (Å²) in [5.74, 6) is 1.03. The number of anilines is 1. The number of thioether (sulfide) groups is 1. The number of benzene rings is 1. The highest BCUT2D eigenvalue weighted by atomic mass is 32.2. The Morgan fingerprint density at radius 2 is 1.90 bits per heavy atom. The molecule has 1 aromatic heterocycles. The molecule has 1 aliphatic rings. The van der Waals surface area contributed by atoms with Crippen molar-refractivity contribution < 1.29 is 19.1 Å². The fourth-order valence-corrected chi connectivity index (χ4v) is 4.73. The zero-order valence-electron chi connectivity index (χ0n) is 17.7. The molecule has 2 aromatic rings. The van der Waals surface area contributed by atoms with Crippen LogP contribution in [0.5, 0.6) is 5.75 Å². The first-order valence-electron chi connectivity index (χ1n) is 10.1. The van der Waals surface area contributed by atoms with Crippen LogP contribution in [-0.2, 0) is 9.53 Å². The Morgan fingerprint density at radius 1 is 1.16 bits per heavy atom. The lowest BCUT2D eigenvalue weighted by atomic mass is 10.1. The van der Waals surface area contributed by atoms with E-state index in [0.717, 1.165) is 15.2 Å². The van der Waals surface area contributed by atoms with E-state index in [1.807, 2.05) is 24.0 Å². The third kappa shape index (κ3) is 6.81. The lowest BCUT2D eigenvalue weighted by molar-refractivity contribution is -0.118. The van der Waals surface area contributed by atoms with Gasteiger partial charge in [-0.1, -0.05) is 23.1 Å². The number of carbonyl (C=O) groups is 2. The monoisotopic (exact) mass is 465 g/mol. The van der Waals surface area contributed by atoms with Gasteiger partial charge in [0.25, 0.3) is 5.91 Å². The molecule has 9 nitrogen and oxygen atoms in total. The molecule has 1 fully saturated rings. The molecule has 168 valence electrons. The Morgan fingerprint density at radius 3 is 2.58 bits per heavy atom. The number of hydrogen-bond acceptors (Lipinski definition) is 9. The summed E-state index contributed by atoms with van der Waals surface area (Å²) in [7, 11) is 1.60. The van der Waals surface area contributed by atoms with Crippen molar-refractivity contribution in [2.45, 2.75) is 11.3 Å². The average Bonchev–Trinajstić information content (AvgIpc) is 3.27. The van der Waals surface area contributed by atoms with Crippen molar-refractivity contribution in [2.75, 3.05) is 63.7 Å². The molecule has 1 aliphatic heterocycles. The molecular weight excluding hydrogens is 438 g/mol. The van der Waals surface area contributed by atoms with Gasteiger partial charge in [-0.2, -0.15) is 0 Å². The zero-order chi connectivity index (χ0) is 22.1. The molecule has 0 atom stereocenters. The lowest BCUT2D eigenvalue weighted by Crippen LogP contribution is -2.48. The van der Waals surface area contributed by atoms with Gasteiger partial charge in [0.1, 0.15) is 5.75 Å². The van der Waals surface area contributed by atoms with Gasteiger partial charge in [-0.05, 0) is 31.2 Å². The lowest BCUT2D eigenvalue weighted by Gasteiger charge is -2.34. The maximum atomic E-state index is 12.8. The van der Waals surface area contributed by atoms with Crippen LogP contribution in [0.1, 0.15) is 17.3 Å². The van der Waals surface area contributed by atoms with Crippen molar-refractivity contribution in [3.63, 3.8) is 0 Å². The van der Waals surface area contributed by atoms with Crippen molar-refractivity contribution >= 4 is 40.0 Å². The number of nitrogens with one attached hydrogen (secondary N) is 1. The Labute approximate surface area is 190 Å². The largest absolute Gasteiger partial charge is 0.494 e. The third-order valence-corrected chi connectivity index (χ3v) is 6.72. The van der Waals surface area contributed by atoms with Gasteiger partial charge in [-0.3, -0.25) is 9.59 Å². The molecule has 0 saturated carbocycles. The quantitative estimate of drug-likeness (QED) is 0.419. The van der Waals surface area contributed by atoms with E-state index in [2.05, 4.69) is 20.4 Å². The van der Waals surface area contributed by atoms with Crippen LogP contribution in [-0.4, -0.2) is 85.7 Å². The Kier molecular flexibility index (Phi) is 8.92. The molecule has 1 saturated heterocycles. The fraction of sp³-hybridized carbons (Fsp3) is 0.500. The number of ether oxygens (including phenoxy) is 2. The van der Waals surface area contributed by atoms with E-state index in [0.29, 0.717) is 57.3 Å². The highest BCUT2D eigenvalue weighted by molar-refractivity contribution is 8.01. The molecule has 0 radical (unpaired) electrons. The molecule has 2 heterocycles. The topological polar surface area (TPSA) is 96.9 Å². The highest BCUT2D eigenvalue weighted by Crippen LogP contribution is 2.28. The number of nitrogens with zero attached hydrogens (tertiary/aromatic N) is 4. The summed E-state index contributed by atoms with van der Waals surface area (Å²) < 4.78 is 11.1. The molecule has 0 spiro atoms. The van der Waals surface area contributed by atoms with E-state index in [1.165, 1.54) is 23.1 Å². The van der Waals surface area contributed by atoms with Crippen LogP contribution in [0.15, 0.2) is 28.6 Å². The molecule has 0 bridgehead atoms. The van der Waals surface area contributed by atoms with Crippen LogP contribution in [0.4, 0.5) is 5.13 Å². The predicted molar refractivity (Wildman–Crippen MR) is 121 cm³/mol. The molecule has 1 N–H and O–H groups in total. The number of hydrogen-bond donors (Lipinski definition) is 1. The van der Waals surface area contributed by atoms with Gasteiger partial charge >= 0.3 is 0 Å². The maximum absolute atomic E-state index is 12.8. The van der Waals surface area contributed by atoms with Crippen molar-refractivity contribution in [3.8, 4) is 5.75 Å². The molecular formula is C20H27N5O4S2.